The van der Waals surface area contributed by atoms with Crippen molar-refractivity contribution in [3.63, 3.8) is 0 Å². The van der Waals surface area contributed by atoms with Crippen molar-refractivity contribution in [3.05, 3.63) is 22.2 Å². The second-order valence-corrected chi connectivity index (χ2v) is 5.68. The average molecular weight is 350 g/mol. The molecule has 0 aliphatic carbocycles. The third kappa shape index (κ3) is 3.38. The van der Waals surface area contributed by atoms with Crippen LogP contribution in [0.5, 0.6) is 5.75 Å². The fraction of sp³-hybridized carbons (Fsp3) is 0.533. The van der Waals surface area contributed by atoms with Crippen LogP contribution in [0.2, 0.25) is 0 Å². The van der Waals surface area contributed by atoms with E-state index < -0.39 is 22.8 Å². The first kappa shape index (κ1) is 17.1. The van der Waals surface area contributed by atoms with Crippen molar-refractivity contribution in [1.82, 2.24) is 9.88 Å². The molecule has 2 amide bonds. The van der Waals surface area contributed by atoms with E-state index in [1.807, 2.05) is 0 Å². The number of ether oxygens (including phenoxy) is 2. The number of carbonyl (C=O) groups excluding carboxylic acids is 2. The van der Waals surface area contributed by atoms with Gasteiger partial charge in [0.25, 0.3) is 11.7 Å². The molecule has 2 aliphatic heterocycles. The van der Waals surface area contributed by atoms with Crippen LogP contribution in [0.25, 0.3) is 0 Å². The fourth-order valence-electron chi connectivity index (χ4n) is 2.75. The number of hydrogen-bond donors (Lipinski definition) is 0. The molecule has 0 N–H and O–H groups in total. The minimum atomic E-state index is -0.742. The van der Waals surface area contributed by atoms with E-state index in [-0.39, 0.29) is 24.0 Å². The summed E-state index contributed by atoms with van der Waals surface area (Å²) >= 11 is 0. The number of nitro groups is 1. The van der Waals surface area contributed by atoms with E-state index in [4.69, 9.17) is 9.47 Å². The lowest BCUT2D eigenvalue weighted by Gasteiger charge is -2.33. The summed E-state index contributed by atoms with van der Waals surface area (Å²) in [6.45, 7) is 3.34. The molecule has 3 rings (SSSR count). The van der Waals surface area contributed by atoms with Gasteiger partial charge >= 0.3 is 5.82 Å². The molecule has 10 nitrogen and oxygen atoms in total. The summed E-state index contributed by atoms with van der Waals surface area (Å²) in [5.74, 6) is -0.830. The van der Waals surface area contributed by atoms with Gasteiger partial charge in [-0.1, -0.05) is 6.92 Å². The first-order valence-electron chi connectivity index (χ1n) is 8.00. The van der Waals surface area contributed by atoms with Gasteiger partial charge in [0, 0.05) is 19.2 Å². The predicted octanol–water partition coefficient (Wildman–Crippen LogP) is 0.353. The van der Waals surface area contributed by atoms with Crippen LogP contribution in [-0.4, -0.2) is 65.6 Å². The average Bonchev–Trinajstić information content (AvgIpc) is 2.63. The number of fused-ring (bicyclic) bond motifs is 1. The number of morpholine rings is 1. The Hall–Kier alpha value is -2.75. The van der Waals surface area contributed by atoms with Crippen molar-refractivity contribution in [2.45, 2.75) is 19.4 Å². The molecule has 25 heavy (non-hydrogen) atoms. The fourth-order valence-corrected chi connectivity index (χ4v) is 2.75. The minimum absolute atomic E-state index is 0.00510. The second kappa shape index (κ2) is 7.01. The minimum Gasteiger partial charge on any atom is -0.474 e. The summed E-state index contributed by atoms with van der Waals surface area (Å²) in [5.41, 5.74) is 0. The summed E-state index contributed by atoms with van der Waals surface area (Å²) in [5, 5.41) is 11.0. The second-order valence-electron chi connectivity index (χ2n) is 5.68. The molecule has 0 bridgehead atoms. The van der Waals surface area contributed by atoms with Crippen molar-refractivity contribution in [3.8, 4) is 5.75 Å². The van der Waals surface area contributed by atoms with Gasteiger partial charge in [-0.2, -0.15) is 0 Å². The number of anilines is 1. The van der Waals surface area contributed by atoms with Gasteiger partial charge in [-0.3, -0.25) is 14.5 Å². The normalized spacial score (nSPS) is 20.0. The summed E-state index contributed by atoms with van der Waals surface area (Å²) < 4.78 is 10.8. The number of aromatic nitrogens is 1. The smallest absolute Gasteiger partial charge is 0.366 e. The summed E-state index contributed by atoms with van der Waals surface area (Å²) in [6.07, 6.45) is -0.328. The zero-order chi connectivity index (χ0) is 18.0. The first-order valence-corrected chi connectivity index (χ1v) is 8.00. The SMILES string of the molecule is CCC1Oc2ccc([N+](=O)[O-])nc2N(CC(=O)N2CCOCC2)C1=O. The van der Waals surface area contributed by atoms with E-state index in [9.17, 15) is 19.7 Å². The van der Waals surface area contributed by atoms with Crippen LogP contribution in [0.4, 0.5) is 11.6 Å². The molecule has 2 aliphatic rings. The molecule has 1 saturated heterocycles. The van der Waals surface area contributed by atoms with Gasteiger partial charge in [0.1, 0.15) is 6.54 Å². The Morgan fingerprint density at radius 2 is 2.12 bits per heavy atom. The predicted molar refractivity (Wildman–Crippen MR) is 85.4 cm³/mol. The number of rotatable bonds is 4. The lowest BCUT2D eigenvalue weighted by Crippen LogP contribution is -2.52. The van der Waals surface area contributed by atoms with Crippen molar-refractivity contribution < 1.29 is 24.0 Å². The van der Waals surface area contributed by atoms with Crippen LogP contribution in [0.15, 0.2) is 12.1 Å². The van der Waals surface area contributed by atoms with E-state index in [2.05, 4.69) is 4.98 Å². The molecule has 10 heteroatoms. The van der Waals surface area contributed by atoms with E-state index in [0.717, 1.165) is 0 Å². The van der Waals surface area contributed by atoms with Crippen LogP contribution < -0.4 is 9.64 Å². The van der Waals surface area contributed by atoms with Crippen LogP contribution in [-0.2, 0) is 14.3 Å². The molecule has 3 heterocycles. The maximum Gasteiger partial charge on any atom is 0.366 e. The van der Waals surface area contributed by atoms with E-state index >= 15 is 0 Å². The maximum absolute atomic E-state index is 12.6. The standard InChI is InChI=1S/C15H18N4O6/c1-2-10-15(21)18(9-13(20)17-5-7-24-8-6-17)14-11(25-10)3-4-12(16-14)19(22)23/h3-4,10H,2,5-9H2,1H3. The maximum atomic E-state index is 12.6. The number of hydrogen-bond acceptors (Lipinski definition) is 7. The quantitative estimate of drug-likeness (QED) is 0.568. The Morgan fingerprint density at radius 1 is 1.40 bits per heavy atom. The Balaban J connectivity index is 1.90. The Kier molecular flexibility index (Phi) is 4.79. The number of carbonyl (C=O) groups is 2. The molecule has 1 atom stereocenters. The van der Waals surface area contributed by atoms with Gasteiger partial charge in [-0.25, -0.2) is 0 Å². The highest BCUT2D eigenvalue weighted by Gasteiger charge is 2.39. The molecule has 0 radical (unpaired) electrons. The van der Waals surface area contributed by atoms with Gasteiger partial charge in [-0.15, -0.1) is 0 Å². The Morgan fingerprint density at radius 3 is 2.76 bits per heavy atom. The van der Waals surface area contributed by atoms with Crippen molar-refractivity contribution in [2.75, 3.05) is 37.7 Å². The topological polar surface area (TPSA) is 115 Å². The molecule has 1 unspecified atom stereocenters. The third-order valence-electron chi connectivity index (χ3n) is 4.11. The summed E-state index contributed by atoms with van der Waals surface area (Å²) in [6, 6.07) is 2.62. The highest BCUT2D eigenvalue weighted by molar-refractivity contribution is 6.03. The van der Waals surface area contributed by atoms with E-state index in [1.54, 1.807) is 11.8 Å². The monoisotopic (exact) mass is 350 g/mol. The Labute approximate surface area is 143 Å². The molecular formula is C15H18N4O6. The zero-order valence-electron chi connectivity index (χ0n) is 13.7. The zero-order valence-corrected chi connectivity index (χ0v) is 13.7. The lowest BCUT2D eigenvalue weighted by atomic mass is 10.2. The molecule has 134 valence electrons. The van der Waals surface area contributed by atoms with E-state index in [1.165, 1.54) is 17.0 Å². The largest absolute Gasteiger partial charge is 0.474 e. The lowest BCUT2D eigenvalue weighted by molar-refractivity contribution is -0.389. The van der Waals surface area contributed by atoms with Crippen molar-refractivity contribution in [2.24, 2.45) is 0 Å². The van der Waals surface area contributed by atoms with Crippen LogP contribution in [0.1, 0.15) is 13.3 Å². The van der Waals surface area contributed by atoms with Gasteiger partial charge in [0.2, 0.25) is 5.91 Å². The summed E-state index contributed by atoms with van der Waals surface area (Å²) in [4.78, 5) is 42.1. The Bertz CT molecular complexity index is 703. The number of amides is 2. The first-order chi connectivity index (χ1) is 12.0. The van der Waals surface area contributed by atoms with Crippen LogP contribution in [0, 0.1) is 10.1 Å². The molecule has 1 aromatic heterocycles. The van der Waals surface area contributed by atoms with Gasteiger partial charge in [0.05, 0.1) is 13.2 Å². The molecule has 1 fully saturated rings. The molecule has 1 aromatic rings. The van der Waals surface area contributed by atoms with Crippen molar-refractivity contribution >= 4 is 23.5 Å². The van der Waals surface area contributed by atoms with Gasteiger partial charge in [0.15, 0.2) is 11.9 Å². The number of pyridine rings is 1. The summed E-state index contributed by atoms with van der Waals surface area (Å²) in [7, 11) is 0. The molecule has 0 aromatic carbocycles. The van der Waals surface area contributed by atoms with Gasteiger partial charge in [-0.05, 0) is 22.4 Å². The van der Waals surface area contributed by atoms with Crippen molar-refractivity contribution in [1.29, 1.82) is 0 Å². The molecule has 0 spiro atoms. The number of nitrogens with zero attached hydrogens (tertiary/aromatic N) is 4. The molecular weight excluding hydrogens is 332 g/mol. The molecule has 0 saturated carbocycles. The van der Waals surface area contributed by atoms with Crippen LogP contribution >= 0.6 is 0 Å². The highest BCUT2D eigenvalue weighted by Crippen LogP contribution is 2.34. The third-order valence-corrected chi connectivity index (χ3v) is 4.11. The highest BCUT2D eigenvalue weighted by atomic mass is 16.6. The van der Waals surface area contributed by atoms with E-state index in [0.29, 0.717) is 32.7 Å². The van der Waals surface area contributed by atoms with Gasteiger partial charge < -0.3 is 24.5 Å². The van der Waals surface area contributed by atoms with Crippen LogP contribution in [0.3, 0.4) is 0 Å².